The molecule has 7 nitrogen and oxygen atoms in total. The standard InChI is InChI=1S/C44H82N2O5/c1-3-5-7-9-10-11-12-13-14-15-16-17-18-19-20-21-22-23-24-26-32-38-43(48)51-40(34-29-25-8-6-4-2)35-30-27-28-31-37-42(47)46-41(44(49)50)36-33-39-45/h15-16,29,34,40-41H,3-14,17-28,30-33,35-39,45H2,1-2H3,(H,46,47)(H,49,50)/b16-15-,34-29-. The Labute approximate surface area is 314 Å². The topological polar surface area (TPSA) is 119 Å². The van der Waals surface area contributed by atoms with Gasteiger partial charge in [0.2, 0.25) is 5.91 Å². The third-order valence-corrected chi connectivity index (χ3v) is 9.72. The highest BCUT2D eigenvalue weighted by Crippen LogP contribution is 2.16. The molecule has 4 N–H and O–H groups in total. The quantitative estimate of drug-likeness (QED) is 0.0331. The molecular formula is C44H82N2O5. The average molecular weight is 719 g/mol. The monoisotopic (exact) mass is 719 g/mol. The fourth-order valence-electron chi connectivity index (χ4n) is 6.41. The Morgan fingerprint density at radius 1 is 0.569 bits per heavy atom. The zero-order chi connectivity index (χ0) is 37.5. The van der Waals surface area contributed by atoms with Gasteiger partial charge in [0.05, 0.1) is 0 Å². The number of aliphatic carboxylic acids is 1. The maximum Gasteiger partial charge on any atom is 0.326 e. The molecule has 1 amide bonds. The predicted molar refractivity (Wildman–Crippen MR) is 216 cm³/mol. The van der Waals surface area contributed by atoms with Crippen molar-refractivity contribution in [3.8, 4) is 0 Å². The van der Waals surface area contributed by atoms with Crippen LogP contribution in [0, 0.1) is 0 Å². The van der Waals surface area contributed by atoms with Crippen LogP contribution in [0.15, 0.2) is 24.3 Å². The number of hydrogen-bond acceptors (Lipinski definition) is 5. The van der Waals surface area contributed by atoms with Crippen molar-refractivity contribution in [2.75, 3.05) is 6.54 Å². The van der Waals surface area contributed by atoms with E-state index in [1.807, 2.05) is 0 Å². The van der Waals surface area contributed by atoms with E-state index in [-0.39, 0.29) is 18.0 Å². The summed E-state index contributed by atoms with van der Waals surface area (Å²) in [4.78, 5) is 36.2. The number of nitrogens with one attached hydrogen (secondary N) is 1. The fraction of sp³-hybridized carbons (Fsp3) is 0.841. The van der Waals surface area contributed by atoms with Gasteiger partial charge in [-0.2, -0.15) is 0 Å². The molecule has 0 saturated carbocycles. The lowest BCUT2D eigenvalue weighted by molar-refractivity contribution is -0.147. The number of carboxylic acids is 1. The van der Waals surface area contributed by atoms with E-state index in [0.717, 1.165) is 51.4 Å². The number of carbonyl (C=O) groups excluding carboxylic acids is 2. The van der Waals surface area contributed by atoms with Crippen LogP contribution in [0.3, 0.4) is 0 Å². The molecule has 0 heterocycles. The number of nitrogens with two attached hydrogens (primary N) is 1. The minimum absolute atomic E-state index is 0.0932. The number of carbonyl (C=O) groups is 3. The molecule has 0 aromatic heterocycles. The molecule has 7 heteroatoms. The highest BCUT2D eigenvalue weighted by atomic mass is 16.5. The molecule has 0 saturated heterocycles. The smallest absolute Gasteiger partial charge is 0.326 e. The van der Waals surface area contributed by atoms with Gasteiger partial charge >= 0.3 is 11.9 Å². The van der Waals surface area contributed by atoms with Gasteiger partial charge in [-0.15, -0.1) is 0 Å². The predicted octanol–water partition coefficient (Wildman–Crippen LogP) is 12.1. The third kappa shape index (κ3) is 36.0. The normalized spacial score (nSPS) is 12.8. The Kier molecular flexibility index (Phi) is 37.4. The van der Waals surface area contributed by atoms with Crippen LogP contribution >= 0.6 is 0 Å². The summed E-state index contributed by atoms with van der Waals surface area (Å²) < 4.78 is 5.88. The second-order valence-electron chi connectivity index (χ2n) is 14.7. The molecular weight excluding hydrogens is 636 g/mol. The van der Waals surface area contributed by atoms with E-state index in [4.69, 9.17) is 10.5 Å². The second kappa shape index (κ2) is 39.1. The van der Waals surface area contributed by atoms with Crippen molar-refractivity contribution in [3.63, 3.8) is 0 Å². The minimum Gasteiger partial charge on any atom is -0.480 e. The van der Waals surface area contributed by atoms with Gasteiger partial charge in [0.1, 0.15) is 12.1 Å². The largest absolute Gasteiger partial charge is 0.480 e. The van der Waals surface area contributed by atoms with Crippen LogP contribution < -0.4 is 11.1 Å². The summed E-state index contributed by atoms with van der Waals surface area (Å²) in [6, 6.07) is -0.868. The molecule has 2 atom stereocenters. The Bertz CT molecular complexity index is 858. The van der Waals surface area contributed by atoms with Gasteiger partial charge < -0.3 is 20.9 Å². The summed E-state index contributed by atoms with van der Waals surface area (Å²) in [5, 5.41) is 11.9. The van der Waals surface area contributed by atoms with Gasteiger partial charge in [-0.3, -0.25) is 9.59 Å². The van der Waals surface area contributed by atoms with Gasteiger partial charge in [-0.05, 0) is 89.7 Å². The van der Waals surface area contributed by atoms with Gasteiger partial charge in [0.25, 0.3) is 0 Å². The zero-order valence-electron chi connectivity index (χ0n) is 33.5. The number of carboxylic acid groups (broad SMARTS) is 1. The number of rotatable bonds is 39. The lowest BCUT2D eigenvalue weighted by Gasteiger charge is -2.15. The van der Waals surface area contributed by atoms with Crippen LogP contribution in [0.5, 0.6) is 0 Å². The highest BCUT2D eigenvalue weighted by Gasteiger charge is 2.19. The number of unbranched alkanes of at least 4 members (excludes halogenated alkanes) is 23. The first kappa shape index (κ1) is 48.9. The third-order valence-electron chi connectivity index (χ3n) is 9.72. The van der Waals surface area contributed by atoms with Gasteiger partial charge in [-0.1, -0.05) is 148 Å². The average Bonchev–Trinajstić information content (AvgIpc) is 3.11. The number of ether oxygens (including phenoxy) is 1. The Morgan fingerprint density at radius 3 is 1.57 bits per heavy atom. The van der Waals surface area contributed by atoms with E-state index < -0.39 is 12.0 Å². The van der Waals surface area contributed by atoms with Gasteiger partial charge in [0, 0.05) is 12.8 Å². The van der Waals surface area contributed by atoms with Crippen molar-refractivity contribution < 1.29 is 24.2 Å². The maximum absolute atomic E-state index is 12.6. The molecule has 0 radical (unpaired) electrons. The molecule has 0 aromatic rings. The van der Waals surface area contributed by atoms with Crippen molar-refractivity contribution in [3.05, 3.63) is 24.3 Å². The van der Waals surface area contributed by atoms with Crippen LogP contribution in [0.25, 0.3) is 0 Å². The van der Waals surface area contributed by atoms with Crippen molar-refractivity contribution in [1.82, 2.24) is 5.32 Å². The summed E-state index contributed by atoms with van der Waals surface area (Å²) in [6.45, 7) is 4.88. The Morgan fingerprint density at radius 2 is 1.02 bits per heavy atom. The number of esters is 1. The summed E-state index contributed by atoms with van der Waals surface area (Å²) in [5.74, 6) is -1.33. The SMILES string of the molecule is CCCCC/C=C\C(CCCCCCC(=O)NC(CCCN)C(=O)O)OC(=O)CCCCCCCCCCC/C=C\CCCCCCCCCC. The van der Waals surface area contributed by atoms with Crippen LogP contribution in [0.1, 0.15) is 219 Å². The van der Waals surface area contributed by atoms with Crippen molar-refractivity contribution in [2.24, 2.45) is 5.73 Å². The fourth-order valence-corrected chi connectivity index (χ4v) is 6.41. The van der Waals surface area contributed by atoms with Gasteiger partial charge in [-0.25, -0.2) is 4.79 Å². The van der Waals surface area contributed by atoms with Crippen LogP contribution in [-0.2, 0) is 19.1 Å². The van der Waals surface area contributed by atoms with E-state index in [9.17, 15) is 19.5 Å². The summed E-state index contributed by atoms with van der Waals surface area (Å²) in [6.07, 6.45) is 44.1. The lowest BCUT2D eigenvalue weighted by Crippen LogP contribution is -2.40. The van der Waals surface area contributed by atoms with Gasteiger partial charge in [0.15, 0.2) is 0 Å². The molecule has 51 heavy (non-hydrogen) atoms. The molecule has 0 bridgehead atoms. The number of hydrogen-bond donors (Lipinski definition) is 3. The van der Waals surface area contributed by atoms with Crippen molar-refractivity contribution >= 4 is 17.8 Å². The first-order valence-corrected chi connectivity index (χ1v) is 21.7. The summed E-state index contributed by atoms with van der Waals surface area (Å²) >= 11 is 0. The first-order chi connectivity index (χ1) is 24.9. The maximum atomic E-state index is 12.6. The molecule has 0 aliphatic carbocycles. The molecule has 0 rings (SSSR count). The Hall–Kier alpha value is -2.15. The molecule has 0 aliphatic heterocycles. The lowest BCUT2D eigenvalue weighted by atomic mass is 10.0. The van der Waals surface area contributed by atoms with E-state index in [2.05, 4.69) is 43.5 Å². The first-order valence-electron chi connectivity index (χ1n) is 21.7. The minimum atomic E-state index is -1.01. The van der Waals surface area contributed by atoms with E-state index >= 15 is 0 Å². The van der Waals surface area contributed by atoms with E-state index in [1.165, 1.54) is 122 Å². The van der Waals surface area contributed by atoms with E-state index in [0.29, 0.717) is 38.6 Å². The summed E-state index contributed by atoms with van der Waals surface area (Å²) in [5.41, 5.74) is 5.47. The Balaban J connectivity index is 3.99. The van der Waals surface area contributed by atoms with Crippen LogP contribution in [0.2, 0.25) is 0 Å². The van der Waals surface area contributed by atoms with Crippen LogP contribution in [-0.4, -0.2) is 41.6 Å². The zero-order valence-corrected chi connectivity index (χ0v) is 33.5. The van der Waals surface area contributed by atoms with Crippen molar-refractivity contribution in [2.45, 2.75) is 231 Å². The molecule has 2 unspecified atom stereocenters. The molecule has 0 fully saturated rings. The molecule has 0 spiro atoms. The highest BCUT2D eigenvalue weighted by molar-refractivity contribution is 5.83. The number of amides is 1. The molecule has 0 aromatic carbocycles. The number of allylic oxidation sites excluding steroid dienone is 3. The van der Waals surface area contributed by atoms with E-state index in [1.54, 1.807) is 0 Å². The van der Waals surface area contributed by atoms with Crippen LogP contribution in [0.4, 0.5) is 0 Å². The van der Waals surface area contributed by atoms with Crippen molar-refractivity contribution in [1.29, 1.82) is 0 Å². The molecule has 298 valence electrons. The molecule has 0 aliphatic rings. The second-order valence-corrected chi connectivity index (χ2v) is 14.7. The summed E-state index contributed by atoms with van der Waals surface area (Å²) in [7, 11) is 0.